The van der Waals surface area contributed by atoms with Crippen molar-refractivity contribution in [2.45, 2.75) is 19.4 Å². The third-order valence-corrected chi connectivity index (χ3v) is 4.04. The SMILES string of the molecule is CC(NC(=O)[C@@H]1C[C@@H]1C(=O)[O-])c1ccc(Oc2cccnc2)cc1.[Na+]. The number of aromatic nitrogens is 1. The van der Waals surface area contributed by atoms with E-state index in [1.807, 2.05) is 37.3 Å². The standard InChI is InChI=1S/C18H18N2O4.Na/c1-11(20-17(21)15-9-16(15)18(22)23)12-4-6-13(7-5-12)24-14-3-2-8-19-10-14;/h2-8,10-11,15-16H,9H2,1H3,(H,20,21)(H,22,23);/q;+1/p-1/t11?,15-,16+;/m1./s1. The van der Waals surface area contributed by atoms with Gasteiger partial charge in [-0.2, -0.15) is 0 Å². The molecule has 1 aromatic carbocycles. The average Bonchev–Trinajstić information content (AvgIpc) is 3.37. The molecule has 6 nitrogen and oxygen atoms in total. The van der Waals surface area contributed by atoms with Crippen molar-refractivity contribution in [1.82, 2.24) is 10.3 Å². The monoisotopic (exact) mass is 348 g/mol. The Morgan fingerprint density at radius 3 is 2.48 bits per heavy atom. The first-order valence-electron chi connectivity index (χ1n) is 7.73. The number of hydrogen-bond donors (Lipinski definition) is 1. The van der Waals surface area contributed by atoms with Crippen LogP contribution in [0.4, 0.5) is 0 Å². The molecule has 1 amide bonds. The van der Waals surface area contributed by atoms with Gasteiger partial charge in [-0.15, -0.1) is 0 Å². The maximum Gasteiger partial charge on any atom is 1.00 e. The zero-order valence-electron chi connectivity index (χ0n) is 14.1. The van der Waals surface area contributed by atoms with Crippen LogP contribution >= 0.6 is 0 Å². The van der Waals surface area contributed by atoms with Crippen LogP contribution in [0.15, 0.2) is 48.8 Å². The molecule has 0 bridgehead atoms. The van der Waals surface area contributed by atoms with Gasteiger partial charge in [0.15, 0.2) is 0 Å². The Balaban J connectivity index is 0.00000225. The van der Waals surface area contributed by atoms with E-state index in [9.17, 15) is 14.7 Å². The van der Waals surface area contributed by atoms with Crippen LogP contribution in [-0.2, 0) is 9.59 Å². The first-order valence-corrected chi connectivity index (χ1v) is 7.73. The molecule has 1 aliphatic carbocycles. The number of amides is 1. The summed E-state index contributed by atoms with van der Waals surface area (Å²) >= 11 is 0. The van der Waals surface area contributed by atoms with E-state index in [0.717, 1.165) is 5.56 Å². The second kappa shape index (κ2) is 8.47. The molecule has 124 valence electrons. The summed E-state index contributed by atoms with van der Waals surface area (Å²) in [6, 6.07) is 10.7. The van der Waals surface area contributed by atoms with E-state index in [2.05, 4.69) is 10.3 Å². The van der Waals surface area contributed by atoms with Crippen molar-refractivity contribution < 1.29 is 49.0 Å². The van der Waals surface area contributed by atoms with E-state index in [0.29, 0.717) is 17.9 Å². The molecule has 3 rings (SSSR count). The normalized spacial score (nSPS) is 19.2. The number of carboxylic acid groups (broad SMARTS) is 1. The minimum atomic E-state index is -1.15. The van der Waals surface area contributed by atoms with Gasteiger partial charge in [0.05, 0.1) is 12.2 Å². The van der Waals surface area contributed by atoms with E-state index in [1.54, 1.807) is 18.5 Å². The largest absolute Gasteiger partial charge is 1.00 e. The maximum absolute atomic E-state index is 12.0. The first kappa shape index (κ1) is 19.4. The van der Waals surface area contributed by atoms with Gasteiger partial charge in [-0.25, -0.2) is 0 Å². The number of rotatable bonds is 6. The summed E-state index contributed by atoms with van der Waals surface area (Å²) in [4.78, 5) is 26.7. The van der Waals surface area contributed by atoms with Crippen molar-refractivity contribution >= 4 is 11.9 Å². The van der Waals surface area contributed by atoms with E-state index in [1.165, 1.54) is 0 Å². The van der Waals surface area contributed by atoms with Crippen molar-refractivity contribution in [3.8, 4) is 11.5 Å². The van der Waals surface area contributed by atoms with Crippen molar-refractivity contribution in [2.24, 2.45) is 11.8 Å². The maximum atomic E-state index is 12.0. The molecule has 1 unspecified atom stereocenters. The molecule has 0 radical (unpaired) electrons. The predicted octanol–water partition coefficient (Wildman–Crippen LogP) is -1.56. The zero-order chi connectivity index (χ0) is 17.1. The van der Waals surface area contributed by atoms with Gasteiger partial charge in [-0.05, 0) is 43.2 Å². The van der Waals surface area contributed by atoms with Crippen LogP contribution in [0.3, 0.4) is 0 Å². The zero-order valence-corrected chi connectivity index (χ0v) is 16.1. The van der Waals surface area contributed by atoms with Gasteiger partial charge in [0.1, 0.15) is 11.5 Å². The molecule has 7 heteroatoms. The van der Waals surface area contributed by atoms with Crippen LogP contribution in [0, 0.1) is 11.8 Å². The summed E-state index contributed by atoms with van der Waals surface area (Å²) in [7, 11) is 0. The number of nitrogens with zero attached hydrogens (tertiary/aromatic N) is 1. The molecule has 25 heavy (non-hydrogen) atoms. The number of nitrogens with one attached hydrogen (secondary N) is 1. The van der Waals surface area contributed by atoms with Crippen LogP contribution in [-0.4, -0.2) is 16.9 Å². The molecule has 1 saturated carbocycles. The number of benzene rings is 1. The summed E-state index contributed by atoms with van der Waals surface area (Å²) in [6.45, 7) is 1.85. The predicted molar refractivity (Wildman–Crippen MR) is 83.9 cm³/mol. The number of carbonyl (C=O) groups is 2. The van der Waals surface area contributed by atoms with Crippen LogP contribution in [0.25, 0.3) is 0 Å². The summed E-state index contributed by atoms with van der Waals surface area (Å²) in [5.41, 5.74) is 0.910. The second-order valence-corrected chi connectivity index (χ2v) is 5.86. The van der Waals surface area contributed by atoms with Gasteiger partial charge >= 0.3 is 29.6 Å². The summed E-state index contributed by atoms with van der Waals surface area (Å²) in [6.07, 6.45) is 3.66. The molecule has 2 aromatic rings. The van der Waals surface area contributed by atoms with Gasteiger partial charge in [0.25, 0.3) is 0 Å². The number of hydrogen-bond acceptors (Lipinski definition) is 5. The fourth-order valence-corrected chi connectivity index (χ4v) is 2.52. The topological polar surface area (TPSA) is 91.4 Å². The molecule has 0 aliphatic heterocycles. The van der Waals surface area contributed by atoms with Gasteiger partial charge in [0, 0.05) is 24.0 Å². The van der Waals surface area contributed by atoms with E-state index in [4.69, 9.17) is 4.74 Å². The number of aliphatic carboxylic acids is 1. The summed E-state index contributed by atoms with van der Waals surface area (Å²) < 4.78 is 5.66. The van der Waals surface area contributed by atoms with Crippen molar-refractivity contribution in [2.75, 3.05) is 0 Å². The van der Waals surface area contributed by atoms with Crippen LogP contribution in [0.1, 0.15) is 24.9 Å². The Morgan fingerprint density at radius 2 is 1.92 bits per heavy atom. The Hall–Kier alpha value is -1.89. The first-order chi connectivity index (χ1) is 11.5. The van der Waals surface area contributed by atoms with Gasteiger partial charge in [0.2, 0.25) is 5.91 Å². The van der Waals surface area contributed by atoms with E-state index >= 15 is 0 Å². The smallest absolute Gasteiger partial charge is 0.550 e. The number of carboxylic acids is 1. The Morgan fingerprint density at radius 1 is 1.20 bits per heavy atom. The number of pyridine rings is 1. The Kier molecular flexibility index (Phi) is 6.58. The molecule has 1 aromatic heterocycles. The molecule has 1 fully saturated rings. The Labute approximate surface area is 167 Å². The van der Waals surface area contributed by atoms with Gasteiger partial charge in [-0.3, -0.25) is 9.78 Å². The molecule has 1 aliphatic rings. The van der Waals surface area contributed by atoms with Crippen LogP contribution in [0.5, 0.6) is 11.5 Å². The van der Waals surface area contributed by atoms with Gasteiger partial charge < -0.3 is 20.0 Å². The summed E-state index contributed by atoms with van der Waals surface area (Å²) in [5.74, 6) is -1.19. The van der Waals surface area contributed by atoms with E-state index < -0.39 is 17.8 Å². The van der Waals surface area contributed by atoms with Crippen LogP contribution in [0.2, 0.25) is 0 Å². The molecule has 3 atom stereocenters. The fourth-order valence-electron chi connectivity index (χ4n) is 2.52. The number of carbonyl (C=O) groups excluding carboxylic acids is 2. The van der Waals surface area contributed by atoms with Gasteiger partial charge in [-0.1, -0.05) is 12.1 Å². The number of ether oxygens (including phenoxy) is 1. The minimum absolute atomic E-state index is 0. The summed E-state index contributed by atoms with van der Waals surface area (Å²) in [5, 5.41) is 13.5. The molecule has 1 heterocycles. The van der Waals surface area contributed by atoms with E-state index in [-0.39, 0.29) is 41.5 Å². The molecule has 1 N–H and O–H groups in total. The molecular formula is C18H17N2NaO4. The minimum Gasteiger partial charge on any atom is -0.550 e. The van der Waals surface area contributed by atoms with Crippen LogP contribution < -0.4 is 44.7 Å². The van der Waals surface area contributed by atoms with Crippen molar-refractivity contribution in [3.63, 3.8) is 0 Å². The molecule has 0 spiro atoms. The molecule has 0 saturated heterocycles. The average molecular weight is 348 g/mol. The molecular weight excluding hydrogens is 331 g/mol. The van der Waals surface area contributed by atoms with Crippen molar-refractivity contribution in [1.29, 1.82) is 0 Å². The van der Waals surface area contributed by atoms with Crippen molar-refractivity contribution in [3.05, 3.63) is 54.4 Å². The third kappa shape index (κ3) is 5.04. The fraction of sp³-hybridized carbons (Fsp3) is 0.278. The third-order valence-electron chi connectivity index (χ3n) is 4.04. The quantitative estimate of drug-likeness (QED) is 0.638. The Bertz CT molecular complexity index is 737. The second-order valence-electron chi connectivity index (χ2n) is 5.86.